The van der Waals surface area contributed by atoms with Gasteiger partial charge in [0, 0.05) is 46.5 Å². The van der Waals surface area contributed by atoms with Crippen molar-refractivity contribution in [1.29, 1.82) is 0 Å². The maximum Gasteiger partial charge on any atom is 1.00 e. The molecular weight excluding hydrogens is 460 g/mol. The topological polar surface area (TPSA) is 64.4 Å². The van der Waals surface area contributed by atoms with Gasteiger partial charge in [0.05, 0.1) is 5.91 Å². The third-order valence-electron chi connectivity index (χ3n) is 5.18. The number of hydrogen-bond donors (Lipinski definition) is 0. The van der Waals surface area contributed by atoms with Crippen LogP contribution in [0.25, 0.3) is 5.32 Å². The molecule has 0 N–H and O–H groups in total. The number of pyridine rings is 1. The molecule has 1 aromatic heterocycles. The molecule has 4 rings (SSSR count). The van der Waals surface area contributed by atoms with Crippen LogP contribution in [0.5, 0.6) is 0 Å². The molecular formula is C23H20Cl2LiN3O2S. The fourth-order valence-electron chi connectivity index (χ4n) is 3.70. The Morgan fingerprint density at radius 2 is 1.81 bits per heavy atom. The summed E-state index contributed by atoms with van der Waals surface area (Å²) in [6.07, 6.45) is 3.17. The number of halogens is 2. The fraction of sp³-hybridized carbons (Fsp3) is 0.217. The maximum atomic E-state index is 13.0. The zero-order valence-electron chi connectivity index (χ0n) is 18.0. The van der Waals surface area contributed by atoms with E-state index in [-0.39, 0.29) is 30.8 Å². The van der Waals surface area contributed by atoms with E-state index in [0.717, 1.165) is 18.4 Å². The van der Waals surface area contributed by atoms with Crippen LogP contribution < -0.4 is 23.8 Å². The number of fused-ring (bicyclic) bond motifs is 1. The van der Waals surface area contributed by atoms with E-state index in [1.165, 1.54) is 11.8 Å². The molecule has 0 saturated heterocycles. The van der Waals surface area contributed by atoms with Crippen LogP contribution in [-0.4, -0.2) is 29.2 Å². The number of amides is 1. The van der Waals surface area contributed by atoms with E-state index in [4.69, 9.17) is 23.2 Å². The van der Waals surface area contributed by atoms with Crippen LogP contribution in [0, 0.1) is 0 Å². The molecule has 0 spiro atoms. The number of anilines is 1. The van der Waals surface area contributed by atoms with Gasteiger partial charge < -0.3 is 15.0 Å². The monoisotopic (exact) mass is 479 g/mol. The minimum absolute atomic E-state index is 0. The van der Waals surface area contributed by atoms with Gasteiger partial charge in [0.2, 0.25) is 0 Å². The van der Waals surface area contributed by atoms with E-state index in [9.17, 15) is 9.00 Å². The average molecular weight is 480 g/mol. The van der Waals surface area contributed by atoms with Gasteiger partial charge >= 0.3 is 18.9 Å². The van der Waals surface area contributed by atoms with Gasteiger partial charge in [0.15, 0.2) is 0 Å². The zero-order valence-corrected chi connectivity index (χ0v) is 20.3. The Balaban J connectivity index is 0.00000289. The second-order valence-corrected chi connectivity index (χ2v) is 9.80. The number of aromatic nitrogens is 1. The van der Waals surface area contributed by atoms with Crippen molar-refractivity contribution >= 4 is 45.6 Å². The zero-order chi connectivity index (χ0) is 22.1. The molecule has 0 radical (unpaired) electrons. The molecule has 32 heavy (non-hydrogen) atoms. The van der Waals surface area contributed by atoms with Gasteiger partial charge in [-0.2, -0.15) is 0 Å². The van der Waals surface area contributed by atoms with Gasteiger partial charge in [-0.15, -0.1) is 0 Å². The van der Waals surface area contributed by atoms with Gasteiger partial charge in [0.1, 0.15) is 15.8 Å². The van der Waals surface area contributed by atoms with Gasteiger partial charge in [-0.25, -0.2) is 9.19 Å². The number of carbonyl (C=O) groups excluding carboxylic acids is 1. The van der Waals surface area contributed by atoms with Gasteiger partial charge in [-0.1, -0.05) is 65.5 Å². The minimum Gasteiger partial charge on any atom is -0.643 e. The summed E-state index contributed by atoms with van der Waals surface area (Å²) in [6, 6.07) is 14.3. The molecule has 2 atom stereocenters. The number of hydrogen-bond acceptors (Lipinski definition) is 4. The molecule has 0 aliphatic heterocycles. The van der Waals surface area contributed by atoms with Crippen molar-refractivity contribution in [3.05, 3.63) is 86.8 Å². The Morgan fingerprint density at radius 1 is 1.12 bits per heavy atom. The van der Waals surface area contributed by atoms with Crippen molar-refractivity contribution in [2.45, 2.75) is 28.8 Å². The van der Waals surface area contributed by atoms with Gasteiger partial charge in [-0.05, 0) is 36.2 Å². The fourth-order valence-corrected chi connectivity index (χ4v) is 5.43. The summed E-state index contributed by atoms with van der Waals surface area (Å²) >= 11 is 12.1. The first kappa shape index (κ1) is 24.8. The van der Waals surface area contributed by atoms with Crippen LogP contribution in [0.1, 0.15) is 33.9 Å². The largest absolute Gasteiger partial charge is 1.00 e. The minimum atomic E-state index is -1.60. The Morgan fingerprint density at radius 3 is 2.50 bits per heavy atom. The van der Waals surface area contributed by atoms with Crippen LogP contribution >= 0.6 is 23.2 Å². The molecule has 1 heterocycles. The third-order valence-corrected chi connectivity index (χ3v) is 6.89. The predicted molar refractivity (Wildman–Crippen MR) is 125 cm³/mol. The molecule has 3 aromatic rings. The summed E-state index contributed by atoms with van der Waals surface area (Å²) in [6.45, 7) is 0. The molecule has 1 unspecified atom stereocenters. The van der Waals surface area contributed by atoms with Crippen LogP contribution in [-0.2, 0) is 17.2 Å². The van der Waals surface area contributed by atoms with Crippen molar-refractivity contribution < 1.29 is 27.9 Å². The van der Waals surface area contributed by atoms with E-state index >= 15 is 0 Å². The summed E-state index contributed by atoms with van der Waals surface area (Å²) in [7, 11) is 2.04. The number of carbonyl (C=O) groups is 1. The first-order valence-corrected chi connectivity index (χ1v) is 11.6. The first-order chi connectivity index (χ1) is 14.8. The standard InChI is InChI=1S/C23H21Cl2N3O2S.Li/c1-28(2)21-12-22(31(30)17-10-15(24)9-16(25)11-17)26-13-19(21)23(29)27-20-8-7-14-5-3-4-6-18(14)20;/h3-6,9-13,20H,7-8H2,1-2H3,(H,27,29);/q;+1/p-1/t20-,31?;/m0./s1. The smallest absolute Gasteiger partial charge is 0.643 e. The molecule has 1 aliphatic carbocycles. The Kier molecular flexibility index (Phi) is 8.08. The third kappa shape index (κ3) is 5.22. The number of benzene rings is 2. The summed E-state index contributed by atoms with van der Waals surface area (Å²) < 4.78 is 13.0. The quantitative estimate of drug-likeness (QED) is 0.527. The molecule has 0 fully saturated rings. The van der Waals surface area contributed by atoms with E-state index in [0.29, 0.717) is 31.2 Å². The molecule has 0 bridgehead atoms. The summed E-state index contributed by atoms with van der Waals surface area (Å²) in [5.74, 6) is -0.332. The molecule has 1 aliphatic rings. The molecule has 1 amide bonds. The van der Waals surface area contributed by atoms with E-state index in [2.05, 4.69) is 16.4 Å². The molecule has 160 valence electrons. The summed E-state index contributed by atoms with van der Waals surface area (Å²) in [5.41, 5.74) is 3.32. The van der Waals surface area contributed by atoms with Gasteiger partial charge in [0.25, 0.3) is 0 Å². The predicted octanol–water partition coefficient (Wildman–Crippen LogP) is 2.83. The molecule has 9 heteroatoms. The van der Waals surface area contributed by atoms with Crippen molar-refractivity contribution in [2.75, 3.05) is 19.0 Å². The first-order valence-electron chi connectivity index (χ1n) is 9.71. The molecule has 0 saturated carbocycles. The maximum absolute atomic E-state index is 13.0. The van der Waals surface area contributed by atoms with Crippen LogP contribution in [0.3, 0.4) is 0 Å². The Labute approximate surface area is 212 Å². The summed E-state index contributed by atoms with van der Waals surface area (Å²) in [5, 5.41) is 5.57. The van der Waals surface area contributed by atoms with Crippen molar-refractivity contribution in [2.24, 2.45) is 0 Å². The van der Waals surface area contributed by atoms with Crippen molar-refractivity contribution in [1.82, 2.24) is 4.98 Å². The van der Waals surface area contributed by atoms with E-state index in [1.807, 2.05) is 32.3 Å². The molecule has 5 nitrogen and oxygen atoms in total. The Bertz CT molecular complexity index is 1170. The normalized spacial score (nSPS) is 15.4. The molecule has 2 aromatic carbocycles. The SMILES string of the molecule is CN(C)c1cc(S(=O)c2cc(Cl)cc(Cl)c2)ncc1C(=O)[N-][C@H]1CCc2ccccc21.[Li+]. The van der Waals surface area contributed by atoms with Gasteiger partial charge in [-0.3, -0.25) is 0 Å². The van der Waals surface area contributed by atoms with Crippen molar-refractivity contribution in [3.63, 3.8) is 0 Å². The van der Waals surface area contributed by atoms with Crippen LogP contribution in [0.2, 0.25) is 10.0 Å². The Hall–Kier alpha value is -1.81. The van der Waals surface area contributed by atoms with E-state index < -0.39 is 10.8 Å². The number of rotatable bonds is 5. The second-order valence-electron chi connectivity index (χ2n) is 7.50. The number of aryl methyl sites for hydroxylation is 1. The second kappa shape index (κ2) is 10.4. The van der Waals surface area contributed by atoms with Crippen LogP contribution in [0.15, 0.2) is 64.6 Å². The van der Waals surface area contributed by atoms with E-state index in [1.54, 1.807) is 29.2 Å². The average Bonchev–Trinajstić information content (AvgIpc) is 3.15. The number of nitrogens with zero attached hydrogens (tertiary/aromatic N) is 3. The summed E-state index contributed by atoms with van der Waals surface area (Å²) in [4.78, 5) is 19.6. The van der Waals surface area contributed by atoms with Crippen LogP contribution in [0.4, 0.5) is 5.69 Å². The van der Waals surface area contributed by atoms with Crippen molar-refractivity contribution in [3.8, 4) is 0 Å².